The average Bonchev–Trinajstić information content (AvgIpc) is 3.03. The first-order chi connectivity index (χ1) is 13.0. The number of carbonyl (C=O) groups is 2. The van der Waals surface area contributed by atoms with Crippen molar-refractivity contribution in [1.29, 1.82) is 0 Å². The number of hydrazone groups is 1. The van der Waals surface area contributed by atoms with Crippen LogP contribution in [0.15, 0.2) is 10.1 Å². The molecular formula is C19H31N6O2+. The minimum Gasteiger partial charge on any atom is -0.270 e. The third kappa shape index (κ3) is 3.75. The molecule has 148 valence electrons. The van der Waals surface area contributed by atoms with Crippen molar-refractivity contribution in [2.75, 3.05) is 27.2 Å². The number of amides is 3. The molecule has 0 radical (unpaired) electrons. The van der Waals surface area contributed by atoms with E-state index >= 15 is 0 Å². The molecule has 8 nitrogen and oxygen atoms in total. The standard InChI is InChI=1S/C19H31N6O2/c1-5-6-7-8-9-10-11-12-25-18-20-16-15(24(18)13-14(2)21-25)17(26)23(4)19(27)22(16)3/h15H,5-13H2,1-4H3/q+1. The Kier molecular flexibility index (Phi) is 5.92. The summed E-state index contributed by atoms with van der Waals surface area (Å²) < 4.78 is 1.97. The largest absolute Gasteiger partial charge is 0.416 e. The van der Waals surface area contributed by atoms with Crippen LogP contribution in [-0.2, 0) is 4.79 Å². The van der Waals surface area contributed by atoms with E-state index in [1.54, 1.807) is 7.05 Å². The van der Waals surface area contributed by atoms with E-state index in [1.807, 2.05) is 16.5 Å². The van der Waals surface area contributed by atoms with Crippen molar-refractivity contribution in [1.82, 2.24) is 14.8 Å². The Labute approximate surface area is 161 Å². The van der Waals surface area contributed by atoms with Crippen molar-refractivity contribution in [2.45, 2.75) is 64.8 Å². The number of nitrogens with zero attached hydrogens (tertiary/aromatic N) is 6. The molecule has 0 saturated carbocycles. The van der Waals surface area contributed by atoms with Gasteiger partial charge in [-0.05, 0) is 13.3 Å². The van der Waals surface area contributed by atoms with Crippen LogP contribution in [0.4, 0.5) is 4.79 Å². The molecule has 3 aliphatic rings. The average molecular weight is 375 g/mol. The summed E-state index contributed by atoms with van der Waals surface area (Å²) >= 11 is 0. The Morgan fingerprint density at radius 1 is 1.04 bits per heavy atom. The van der Waals surface area contributed by atoms with E-state index < -0.39 is 6.04 Å². The van der Waals surface area contributed by atoms with Crippen LogP contribution in [0.1, 0.15) is 58.8 Å². The minimum absolute atomic E-state index is 0.225. The van der Waals surface area contributed by atoms with Crippen LogP contribution in [0.2, 0.25) is 0 Å². The molecule has 27 heavy (non-hydrogen) atoms. The second kappa shape index (κ2) is 8.19. The van der Waals surface area contributed by atoms with Gasteiger partial charge in [-0.2, -0.15) is 0 Å². The summed E-state index contributed by atoms with van der Waals surface area (Å²) in [6.45, 7) is 5.54. The van der Waals surface area contributed by atoms with E-state index in [4.69, 9.17) is 0 Å². The maximum absolute atomic E-state index is 12.7. The summed E-state index contributed by atoms with van der Waals surface area (Å²) in [5.41, 5.74) is 0.952. The molecule has 0 aromatic carbocycles. The van der Waals surface area contributed by atoms with E-state index in [2.05, 4.69) is 17.0 Å². The highest BCUT2D eigenvalue weighted by Crippen LogP contribution is 2.22. The monoisotopic (exact) mass is 375 g/mol. The Hall–Kier alpha value is -2.25. The van der Waals surface area contributed by atoms with Crippen molar-refractivity contribution in [3.05, 3.63) is 0 Å². The number of fused-ring (bicyclic) bond motifs is 2. The van der Waals surface area contributed by atoms with Gasteiger partial charge in [0.1, 0.15) is 6.54 Å². The second-order valence-electron chi connectivity index (χ2n) is 7.62. The summed E-state index contributed by atoms with van der Waals surface area (Å²) in [4.78, 5) is 32.2. The van der Waals surface area contributed by atoms with Crippen molar-refractivity contribution in [3.63, 3.8) is 0 Å². The molecule has 1 fully saturated rings. The van der Waals surface area contributed by atoms with Crippen molar-refractivity contribution >= 4 is 29.4 Å². The molecule has 0 aromatic heterocycles. The number of rotatable bonds is 8. The first-order valence-corrected chi connectivity index (χ1v) is 10.0. The number of amidine groups is 1. The molecule has 0 aromatic rings. The summed E-state index contributed by atoms with van der Waals surface area (Å²) in [5.74, 6) is 0.972. The summed E-state index contributed by atoms with van der Waals surface area (Å²) in [7, 11) is 3.20. The first kappa shape index (κ1) is 19.5. The Morgan fingerprint density at radius 3 is 2.41 bits per heavy atom. The van der Waals surface area contributed by atoms with Crippen LogP contribution in [-0.4, -0.2) is 82.1 Å². The quantitative estimate of drug-likeness (QED) is 0.482. The highest BCUT2D eigenvalue weighted by Gasteiger charge is 2.53. The summed E-state index contributed by atoms with van der Waals surface area (Å²) in [6, 6.07) is -0.874. The number of aliphatic imine (C=N–C) groups is 1. The molecule has 0 aliphatic carbocycles. The zero-order valence-corrected chi connectivity index (χ0v) is 16.9. The molecule has 3 amide bonds. The van der Waals surface area contributed by atoms with Gasteiger partial charge in [0.25, 0.3) is 5.91 Å². The SMILES string of the molecule is CCCCCCCCCN1N=C(C)C[N+]2=C1N=C1C2C(=O)N(C)C(=O)N1C. The maximum Gasteiger partial charge on any atom is 0.416 e. The smallest absolute Gasteiger partial charge is 0.270 e. The lowest BCUT2D eigenvalue weighted by atomic mass is 10.1. The number of hydrogen-bond donors (Lipinski definition) is 0. The van der Waals surface area contributed by atoms with Crippen LogP contribution in [0.5, 0.6) is 0 Å². The highest BCUT2D eigenvalue weighted by molar-refractivity contribution is 6.23. The van der Waals surface area contributed by atoms with Gasteiger partial charge in [-0.3, -0.25) is 14.6 Å². The number of carbonyl (C=O) groups excluding carboxylic acids is 2. The van der Waals surface area contributed by atoms with Crippen molar-refractivity contribution in [3.8, 4) is 0 Å². The first-order valence-electron chi connectivity index (χ1n) is 10.0. The fourth-order valence-electron chi connectivity index (χ4n) is 3.85. The Balaban J connectivity index is 1.67. The van der Waals surface area contributed by atoms with Crippen LogP contribution in [0.3, 0.4) is 0 Å². The Morgan fingerprint density at radius 2 is 1.70 bits per heavy atom. The molecule has 0 N–H and O–H groups in total. The number of hydrogen-bond acceptors (Lipinski definition) is 5. The predicted octanol–water partition coefficient (Wildman–Crippen LogP) is 2.10. The zero-order valence-electron chi connectivity index (χ0n) is 16.9. The lowest BCUT2D eigenvalue weighted by molar-refractivity contribution is -0.527. The number of imide groups is 1. The van der Waals surface area contributed by atoms with E-state index in [-0.39, 0.29) is 11.9 Å². The lowest BCUT2D eigenvalue weighted by Crippen LogP contribution is -2.62. The molecule has 1 atom stereocenters. The van der Waals surface area contributed by atoms with Crippen LogP contribution < -0.4 is 0 Å². The predicted molar refractivity (Wildman–Crippen MR) is 105 cm³/mol. The summed E-state index contributed by atoms with van der Waals surface area (Å²) in [5, 5.41) is 6.56. The molecule has 0 bridgehead atoms. The van der Waals surface area contributed by atoms with Gasteiger partial charge in [-0.25, -0.2) is 9.37 Å². The maximum atomic E-state index is 12.7. The van der Waals surface area contributed by atoms with Gasteiger partial charge in [0, 0.05) is 14.1 Å². The van der Waals surface area contributed by atoms with Crippen molar-refractivity contribution in [2.24, 2.45) is 10.1 Å². The van der Waals surface area contributed by atoms with Crippen LogP contribution in [0.25, 0.3) is 0 Å². The topological polar surface area (TPSA) is 71.6 Å². The summed E-state index contributed by atoms with van der Waals surface area (Å²) in [6.07, 6.45) is 8.64. The molecule has 8 heteroatoms. The molecule has 3 aliphatic heterocycles. The van der Waals surface area contributed by atoms with Crippen molar-refractivity contribution < 1.29 is 14.2 Å². The minimum atomic E-state index is -0.533. The van der Waals surface area contributed by atoms with Gasteiger partial charge in [-0.15, -0.1) is 10.1 Å². The van der Waals surface area contributed by atoms with Crippen LogP contribution >= 0.6 is 0 Å². The van der Waals surface area contributed by atoms with Gasteiger partial charge in [-0.1, -0.05) is 50.4 Å². The zero-order chi connectivity index (χ0) is 19.6. The number of guanidine groups is 1. The number of likely N-dealkylation sites (N-methyl/N-ethyl adjacent to an activating group) is 2. The highest BCUT2D eigenvalue weighted by atomic mass is 16.2. The molecule has 1 saturated heterocycles. The van der Waals surface area contributed by atoms with E-state index in [0.29, 0.717) is 18.3 Å². The van der Waals surface area contributed by atoms with Gasteiger partial charge in [0.2, 0.25) is 11.9 Å². The van der Waals surface area contributed by atoms with Gasteiger partial charge < -0.3 is 0 Å². The third-order valence-corrected chi connectivity index (χ3v) is 5.40. The van der Waals surface area contributed by atoms with Gasteiger partial charge in [0.15, 0.2) is 0 Å². The van der Waals surface area contributed by atoms with E-state index in [0.717, 1.165) is 18.7 Å². The molecular weight excluding hydrogens is 344 g/mol. The molecule has 0 spiro atoms. The number of unbranched alkanes of at least 4 members (excludes halogenated alkanes) is 6. The molecule has 1 unspecified atom stereocenters. The second-order valence-corrected chi connectivity index (χ2v) is 7.62. The van der Waals surface area contributed by atoms with Crippen LogP contribution in [0, 0.1) is 0 Å². The molecule has 3 heterocycles. The number of urea groups is 1. The van der Waals surface area contributed by atoms with Gasteiger partial charge >= 0.3 is 12.0 Å². The third-order valence-electron chi connectivity index (χ3n) is 5.40. The normalized spacial score (nSPS) is 22.2. The molecule has 3 rings (SSSR count). The van der Waals surface area contributed by atoms with E-state index in [1.165, 1.54) is 55.4 Å². The van der Waals surface area contributed by atoms with Gasteiger partial charge in [0.05, 0.1) is 12.3 Å². The van der Waals surface area contributed by atoms with E-state index in [9.17, 15) is 9.59 Å². The lowest BCUT2D eigenvalue weighted by Gasteiger charge is -2.32. The fourth-order valence-corrected chi connectivity index (χ4v) is 3.85. The fraction of sp³-hybridized carbons (Fsp3) is 0.737. The Bertz CT molecular complexity index is 711.